The Kier molecular flexibility index (Phi) is 3.85. The number of hydrogen-bond acceptors (Lipinski definition) is 3. The van der Waals surface area contributed by atoms with Crippen LogP contribution in [0.1, 0.15) is 30.5 Å². The van der Waals surface area contributed by atoms with Crippen molar-refractivity contribution in [2.45, 2.75) is 31.8 Å². The minimum absolute atomic E-state index is 0.0667. The van der Waals surface area contributed by atoms with E-state index in [1.165, 1.54) is 11.1 Å². The van der Waals surface area contributed by atoms with Gasteiger partial charge in [0.05, 0.1) is 6.04 Å². The third-order valence-electron chi connectivity index (χ3n) is 3.79. The number of aryl methyl sites for hydroxylation is 1. The normalized spacial score (nSPS) is 19.9. The lowest BCUT2D eigenvalue weighted by atomic mass is 10.0. The van der Waals surface area contributed by atoms with Crippen molar-refractivity contribution in [1.29, 1.82) is 0 Å². The second-order valence-corrected chi connectivity index (χ2v) is 5.96. The first-order valence-electron chi connectivity index (χ1n) is 6.91. The van der Waals surface area contributed by atoms with Crippen LogP contribution in [0.2, 0.25) is 0 Å². The summed E-state index contributed by atoms with van der Waals surface area (Å²) >= 11 is 1.68. The number of para-hydroxylation sites is 1. The molecular formula is C16H18N2OS. The van der Waals surface area contributed by atoms with Crippen molar-refractivity contribution >= 4 is 22.9 Å². The molecule has 0 saturated carbocycles. The van der Waals surface area contributed by atoms with Gasteiger partial charge >= 0.3 is 0 Å². The van der Waals surface area contributed by atoms with E-state index in [0.29, 0.717) is 0 Å². The minimum atomic E-state index is -0.141. The number of benzene rings is 1. The molecule has 0 bridgehead atoms. The monoisotopic (exact) mass is 286 g/mol. The lowest BCUT2D eigenvalue weighted by Gasteiger charge is -2.20. The van der Waals surface area contributed by atoms with E-state index in [2.05, 4.69) is 40.5 Å². The van der Waals surface area contributed by atoms with Crippen LogP contribution in [-0.4, -0.2) is 11.9 Å². The van der Waals surface area contributed by atoms with E-state index in [9.17, 15) is 4.79 Å². The van der Waals surface area contributed by atoms with Gasteiger partial charge in [-0.25, -0.2) is 0 Å². The molecule has 2 heterocycles. The molecule has 104 valence electrons. The average molecular weight is 286 g/mol. The van der Waals surface area contributed by atoms with Gasteiger partial charge in [0.2, 0.25) is 5.91 Å². The predicted molar refractivity (Wildman–Crippen MR) is 83.1 cm³/mol. The fourth-order valence-corrected chi connectivity index (χ4v) is 3.34. The zero-order valence-corrected chi connectivity index (χ0v) is 12.2. The van der Waals surface area contributed by atoms with Crippen molar-refractivity contribution in [2.75, 3.05) is 5.32 Å². The maximum atomic E-state index is 12.3. The van der Waals surface area contributed by atoms with Crippen LogP contribution in [0.3, 0.4) is 0 Å². The van der Waals surface area contributed by atoms with Crippen LogP contribution in [0.25, 0.3) is 0 Å². The molecule has 3 rings (SSSR count). The molecule has 2 aromatic rings. The second kappa shape index (κ2) is 5.77. The van der Waals surface area contributed by atoms with E-state index < -0.39 is 0 Å². The Balaban J connectivity index is 1.72. The summed E-state index contributed by atoms with van der Waals surface area (Å²) < 4.78 is 0. The molecule has 0 spiro atoms. The van der Waals surface area contributed by atoms with Crippen LogP contribution >= 0.6 is 11.3 Å². The summed E-state index contributed by atoms with van der Waals surface area (Å²) in [6.45, 7) is 2.10. The molecule has 2 N–H and O–H groups in total. The lowest BCUT2D eigenvalue weighted by molar-refractivity contribution is -0.118. The number of nitrogens with one attached hydrogen (secondary N) is 2. The summed E-state index contributed by atoms with van der Waals surface area (Å²) in [5, 5.41) is 10.7. The SMILES string of the molecule is CC(NC1CCc2ccccc2NC1=O)c1ccsc1. The topological polar surface area (TPSA) is 41.1 Å². The van der Waals surface area contributed by atoms with Crippen molar-refractivity contribution in [3.8, 4) is 0 Å². The van der Waals surface area contributed by atoms with Gasteiger partial charge in [0, 0.05) is 11.7 Å². The van der Waals surface area contributed by atoms with Gasteiger partial charge in [0.15, 0.2) is 0 Å². The third kappa shape index (κ3) is 2.76. The number of thiophene rings is 1. The Morgan fingerprint density at radius 1 is 1.35 bits per heavy atom. The van der Waals surface area contributed by atoms with Crippen LogP contribution in [0.15, 0.2) is 41.1 Å². The molecule has 0 aliphatic carbocycles. The van der Waals surface area contributed by atoms with Gasteiger partial charge in [0.1, 0.15) is 0 Å². The zero-order chi connectivity index (χ0) is 13.9. The van der Waals surface area contributed by atoms with Crippen LogP contribution in [0.4, 0.5) is 5.69 Å². The van der Waals surface area contributed by atoms with E-state index in [1.807, 2.05) is 18.2 Å². The quantitative estimate of drug-likeness (QED) is 0.908. The molecule has 3 nitrogen and oxygen atoms in total. The fraction of sp³-hybridized carbons (Fsp3) is 0.312. The molecule has 1 aliphatic rings. The number of rotatable bonds is 3. The first kappa shape index (κ1) is 13.3. The minimum Gasteiger partial charge on any atom is -0.324 e. The predicted octanol–water partition coefficient (Wildman–Crippen LogP) is 3.35. The standard InChI is InChI=1S/C16H18N2OS/c1-11(13-8-9-20-10-13)17-15-7-6-12-4-2-3-5-14(12)18-16(15)19/h2-5,8-11,15,17H,6-7H2,1H3,(H,18,19). The molecule has 1 aromatic heterocycles. The molecule has 1 aliphatic heterocycles. The fourth-order valence-electron chi connectivity index (χ4n) is 2.59. The van der Waals surface area contributed by atoms with E-state index in [0.717, 1.165) is 18.5 Å². The summed E-state index contributed by atoms with van der Waals surface area (Å²) in [6.07, 6.45) is 1.75. The molecule has 1 amide bonds. The van der Waals surface area contributed by atoms with Crippen molar-refractivity contribution < 1.29 is 4.79 Å². The number of amides is 1. The lowest BCUT2D eigenvalue weighted by Crippen LogP contribution is -2.41. The highest BCUT2D eigenvalue weighted by atomic mass is 32.1. The van der Waals surface area contributed by atoms with Gasteiger partial charge in [-0.05, 0) is 53.8 Å². The molecule has 0 saturated heterocycles. The van der Waals surface area contributed by atoms with Crippen LogP contribution < -0.4 is 10.6 Å². The van der Waals surface area contributed by atoms with Crippen molar-refractivity contribution in [2.24, 2.45) is 0 Å². The first-order valence-corrected chi connectivity index (χ1v) is 7.85. The number of carbonyl (C=O) groups excluding carboxylic acids is 1. The Morgan fingerprint density at radius 3 is 3.00 bits per heavy atom. The van der Waals surface area contributed by atoms with Crippen LogP contribution in [-0.2, 0) is 11.2 Å². The Labute approximate surface area is 123 Å². The highest BCUT2D eigenvalue weighted by molar-refractivity contribution is 7.07. The Hall–Kier alpha value is -1.65. The maximum absolute atomic E-state index is 12.3. The van der Waals surface area contributed by atoms with Gasteiger partial charge in [-0.15, -0.1) is 0 Å². The van der Waals surface area contributed by atoms with E-state index >= 15 is 0 Å². The van der Waals surface area contributed by atoms with E-state index in [4.69, 9.17) is 0 Å². The van der Waals surface area contributed by atoms with Crippen LogP contribution in [0.5, 0.6) is 0 Å². The largest absolute Gasteiger partial charge is 0.324 e. The van der Waals surface area contributed by atoms with Gasteiger partial charge in [-0.2, -0.15) is 11.3 Å². The first-order chi connectivity index (χ1) is 9.74. The third-order valence-corrected chi connectivity index (χ3v) is 4.49. The highest BCUT2D eigenvalue weighted by Crippen LogP contribution is 2.23. The van der Waals surface area contributed by atoms with Gasteiger partial charge in [0.25, 0.3) is 0 Å². The summed E-state index contributed by atoms with van der Waals surface area (Å²) in [5.74, 6) is 0.0667. The van der Waals surface area contributed by atoms with Crippen molar-refractivity contribution in [3.05, 3.63) is 52.2 Å². The average Bonchev–Trinajstić information content (AvgIpc) is 2.93. The van der Waals surface area contributed by atoms with E-state index in [1.54, 1.807) is 11.3 Å². The molecule has 2 atom stereocenters. The molecule has 20 heavy (non-hydrogen) atoms. The second-order valence-electron chi connectivity index (χ2n) is 5.18. The Morgan fingerprint density at radius 2 is 2.20 bits per heavy atom. The van der Waals surface area contributed by atoms with Gasteiger partial charge in [-0.1, -0.05) is 18.2 Å². The van der Waals surface area contributed by atoms with Crippen molar-refractivity contribution in [1.82, 2.24) is 5.32 Å². The number of hydrogen-bond donors (Lipinski definition) is 2. The smallest absolute Gasteiger partial charge is 0.241 e. The summed E-state index contributed by atoms with van der Waals surface area (Å²) in [5.41, 5.74) is 3.41. The number of carbonyl (C=O) groups is 1. The maximum Gasteiger partial charge on any atom is 0.241 e. The number of fused-ring (bicyclic) bond motifs is 1. The van der Waals surface area contributed by atoms with E-state index in [-0.39, 0.29) is 18.0 Å². The summed E-state index contributed by atoms with van der Waals surface area (Å²) in [6, 6.07) is 10.2. The molecule has 0 radical (unpaired) electrons. The summed E-state index contributed by atoms with van der Waals surface area (Å²) in [4.78, 5) is 12.3. The van der Waals surface area contributed by atoms with Gasteiger partial charge < -0.3 is 5.32 Å². The van der Waals surface area contributed by atoms with Crippen molar-refractivity contribution in [3.63, 3.8) is 0 Å². The molecule has 1 aromatic carbocycles. The zero-order valence-electron chi connectivity index (χ0n) is 11.4. The Bertz CT molecular complexity index is 594. The summed E-state index contributed by atoms with van der Waals surface area (Å²) in [7, 11) is 0. The van der Waals surface area contributed by atoms with Gasteiger partial charge in [-0.3, -0.25) is 10.1 Å². The molecule has 0 fully saturated rings. The molecule has 4 heteroatoms. The molecule has 2 unspecified atom stereocenters. The highest BCUT2D eigenvalue weighted by Gasteiger charge is 2.24. The molecular weight excluding hydrogens is 268 g/mol. The number of anilines is 1. The van der Waals surface area contributed by atoms with Crippen LogP contribution in [0, 0.1) is 0 Å².